The number of hydrogen-bond donors (Lipinski definition) is 2. The monoisotopic (exact) mass is 392 g/mol. The van der Waals surface area contributed by atoms with E-state index in [-0.39, 0.29) is 24.4 Å². The summed E-state index contributed by atoms with van der Waals surface area (Å²) in [4.78, 5) is 23.6. The van der Waals surface area contributed by atoms with Crippen molar-refractivity contribution in [2.24, 2.45) is 0 Å². The molecule has 4 nitrogen and oxygen atoms in total. The molecule has 0 unspecified atom stereocenters. The van der Waals surface area contributed by atoms with E-state index in [9.17, 15) is 18.4 Å². The van der Waals surface area contributed by atoms with Gasteiger partial charge in [0.2, 0.25) is 5.91 Å². The summed E-state index contributed by atoms with van der Waals surface area (Å²) in [6, 6.07) is 11.1. The number of aryl methyl sites for hydroxylation is 1. The summed E-state index contributed by atoms with van der Waals surface area (Å²) in [6.07, 6.45) is 0.0944. The van der Waals surface area contributed by atoms with Gasteiger partial charge in [0.15, 0.2) is 0 Å². The zero-order chi connectivity index (χ0) is 19.6. The second kappa shape index (κ2) is 10.7. The minimum Gasteiger partial charge on any atom is -0.355 e. The van der Waals surface area contributed by atoms with Crippen molar-refractivity contribution in [2.45, 2.75) is 19.1 Å². The Morgan fingerprint density at radius 2 is 1.74 bits per heavy atom. The highest BCUT2D eigenvalue weighted by molar-refractivity contribution is 7.98. The second-order valence-electron chi connectivity index (χ2n) is 6.02. The minimum atomic E-state index is -0.928. The highest BCUT2D eigenvalue weighted by atomic mass is 32.2. The molecule has 0 saturated heterocycles. The Bertz CT molecular complexity index is 782. The first-order valence-electron chi connectivity index (χ1n) is 8.59. The van der Waals surface area contributed by atoms with E-state index in [1.165, 1.54) is 11.1 Å². The molecule has 144 valence electrons. The summed E-state index contributed by atoms with van der Waals surface area (Å²) in [5, 5.41) is 5.23. The number of rotatable bonds is 9. The molecule has 0 bridgehead atoms. The van der Waals surface area contributed by atoms with Gasteiger partial charge >= 0.3 is 0 Å². The largest absolute Gasteiger partial charge is 0.355 e. The van der Waals surface area contributed by atoms with Gasteiger partial charge < -0.3 is 10.6 Å². The van der Waals surface area contributed by atoms with Gasteiger partial charge in [-0.15, -0.1) is 0 Å². The van der Waals surface area contributed by atoms with E-state index in [2.05, 4.69) is 34.9 Å². The molecule has 7 heteroatoms. The molecule has 0 saturated carbocycles. The van der Waals surface area contributed by atoms with E-state index >= 15 is 0 Å². The Morgan fingerprint density at radius 1 is 1.00 bits per heavy atom. The van der Waals surface area contributed by atoms with Crippen molar-refractivity contribution in [3.05, 3.63) is 70.8 Å². The molecule has 2 rings (SSSR count). The van der Waals surface area contributed by atoms with E-state index in [1.807, 2.05) is 6.92 Å². The summed E-state index contributed by atoms with van der Waals surface area (Å²) >= 11 is 1.73. The third-order valence-corrected chi connectivity index (χ3v) is 4.80. The van der Waals surface area contributed by atoms with Gasteiger partial charge in [-0.05, 0) is 24.6 Å². The molecule has 2 aromatic carbocycles. The average molecular weight is 392 g/mol. The van der Waals surface area contributed by atoms with Gasteiger partial charge in [0.25, 0.3) is 5.91 Å². The van der Waals surface area contributed by atoms with Gasteiger partial charge in [0.05, 0.1) is 5.56 Å². The number of benzene rings is 2. The SMILES string of the molecule is Cc1ccc(CSCCNC(=O)CCNC(=O)c2ccc(F)cc2F)cc1. The van der Waals surface area contributed by atoms with E-state index in [0.717, 1.165) is 23.6 Å². The molecule has 2 amide bonds. The maximum Gasteiger partial charge on any atom is 0.254 e. The molecule has 2 aromatic rings. The molecule has 0 aliphatic carbocycles. The van der Waals surface area contributed by atoms with Crippen LogP contribution in [0.5, 0.6) is 0 Å². The fraction of sp³-hybridized carbons (Fsp3) is 0.300. The van der Waals surface area contributed by atoms with Crippen LogP contribution in [-0.2, 0) is 10.5 Å². The predicted molar refractivity (Wildman–Crippen MR) is 104 cm³/mol. The normalized spacial score (nSPS) is 10.5. The van der Waals surface area contributed by atoms with Gasteiger partial charge in [-0.1, -0.05) is 29.8 Å². The van der Waals surface area contributed by atoms with Crippen LogP contribution in [-0.4, -0.2) is 30.7 Å². The van der Waals surface area contributed by atoms with E-state index in [4.69, 9.17) is 0 Å². The number of nitrogens with one attached hydrogen (secondary N) is 2. The quantitative estimate of drug-likeness (QED) is 0.643. The van der Waals surface area contributed by atoms with Gasteiger partial charge in [-0.2, -0.15) is 11.8 Å². The first-order valence-corrected chi connectivity index (χ1v) is 9.74. The molecular weight excluding hydrogens is 370 g/mol. The maximum absolute atomic E-state index is 13.5. The Balaban J connectivity index is 1.58. The Morgan fingerprint density at radius 3 is 2.44 bits per heavy atom. The molecule has 0 spiro atoms. The molecule has 0 aliphatic rings. The molecule has 2 N–H and O–H groups in total. The number of amides is 2. The molecule has 0 aliphatic heterocycles. The van der Waals surface area contributed by atoms with Crippen LogP contribution >= 0.6 is 11.8 Å². The average Bonchev–Trinajstić information content (AvgIpc) is 2.63. The summed E-state index contributed by atoms with van der Waals surface area (Å²) in [5.41, 5.74) is 2.22. The van der Waals surface area contributed by atoms with E-state index in [0.29, 0.717) is 12.6 Å². The minimum absolute atomic E-state index is 0.0813. The first-order chi connectivity index (χ1) is 13.0. The fourth-order valence-corrected chi connectivity index (χ4v) is 3.10. The van der Waals surface area contributed by atoms with Crippen molar-refractivity contribution in [3.63, 3.8) is 0 Å². The van der Waals surface area contributed by atoms with Crippen molar-refractivity contribution < 1.29 is 18.4 Å². The Kier molecular flexibility index (Phi) is 8.26. The lowest BCUT2D eigenvalue weighted by Crippen LogP contribution is -2.32. The second-order valence-corrected chi connectivity index (χ2v) is 7.12. The van der Waals surface area contributed by atoms with Crippen LogP contribution in [0.2, 0.25) is 0 Å². The standard InChI is InChI=1S/C20H22F2N2O2S/c1-14-2-4-15(5-3-14)13-27-11-10-23-19(25)8-9-24-20(26)17-7-6-16(21)12-18(17)22/h2-7,12H,8-11,13H2,1H3,(H,23,25)(H,24,26). The highest BCUT2D eigenvalue weighted by Crippen LogP contribution is 2.12. The zero-order valence-corrected chi connectivity index (χ0v) is 15.9. The number of halogens is 2. The predicted octanol–water partition coefficient (Wildman–Crippen LogP) is 3.44. The first kappa shape index (κ1) is 20.9. The summed E-state index contributed by atoms with van der Waals surface area (Å²) in [5.74, 6) is -0.867. The van der Waals surface area contributed by atoms with Crippen molar-refractivity contribution in [2.75, 3.05) is 18.8 Å². The van der Waals surface area contributed by atoms with Crippen LogP contribution in [0, 0.1) is 18.6 Å². The fourth-order valence-electron chi connectivity index (χ4n) is 2.28. The molecule has 0 aromatic heterocycles. The molecule has 0 heterocycles. The number of thioether (sulfide) groups is 1. The van der Waals surface area contributed by atoms with Gasteiger partial charge in [-0.25, -0.2) is 8.78 Å². The lowest BCUT2D eigenvalue weighted by atomic mass is 10.2. The van der Waals surface area contributed by atoms with E-state index < -0.39 is 17.5 Å². The van der Waals surface area contributed by atoms with Gasteiger partial charge in [0.1, 0.15) is 11.6 Å². The van der Waals surface area contributed by atoms with Crippen molar-refractivity contribution in [1.29, 1.82) is 0 Å². The van der Waals surface area contributed by atoms with Crippen LogP contribution in [0.1, 0.15) is 27.9 Å². The Labute approximate surface area is 161 Å². The maximum atomic E-state index is 13.5. The van der Waals surface area contributed by atoms with Crippen LogP contribution in [0.25, 0.3) is 0 Å². The van der Waals surface area contributed by atoms with Crippen LogP contribution < -0.4 is 10.6 Å². The summed E-state index contributed by atoms with van der Waals surface area (Å²) in [7, 11) is 0. The third-order valence-electron chi connectivity index (χ3n) is 3.77. The smallest absolute Gasteiger partial charge is 0.254 e. The van der Waals surface area contributed by atoms with Crippen molar-refractivity contribution in [1.82, 2.24) is 10.6 Å². The van der Waals surface area contributed by atoms with E-state index in [1.54, 1.807) is 11.8 Å². The molecule has 0 radical (unpaired) electrons. The lowest BCUT2D eigenvalue weighted by Gasteiger charge is -2.08. The van der Waals surface area contributed by atoms with Gasteiger partial charge in [0, 0.05) is 37.1 Å². The molecule has 0 fully saturated rings. The van der Waals surface area contributed by atoms with Gasteiger partial charge in [-0.3, -0.25) is 9.59 Å². The molecular formula is C20H22F2N2O2S. The van der Waals surface area contributed by atoms with Crippen molar-refractivity contribution in [3.8, 4) is 0 Å². The van der Waals surface area contributed by atoms with Crippen LogP contribution in [0.3, 0.4) is 0 Å². The van der Waals surface area contributed by atoms with Crippen LogP contribution in [0.4, 0.5) is 8.78 Å². The highest BCUT2D eigenvalue weighted by Gasteiger charge is 2.12. The lowest BCUT2D eigenvalue weighted by molar-refractivity contribution is -0.120. The number of carbonyl (C=O) groups is 2. The molecule has 0 atom stereocenters. The zero-order valence-electron chi connectivity index (χ0n) is 15.1. The summed E-state index contributed by atoms with van der Waals surface area (Å²) < 4.78 is 26.3. The topological polar surface area (TPSA) is 58.2 Å². The Hall–Kier alpha value is -2.41. The summed E-state index contributed by atoms with van der Waals surface area (Å²) in [6.45, 7) is 2.67. The number of hydrogen-bond acceptors (Lipinski definition) is 3. The van der Waals surface area contributed by atoms with Crippen LogP contribution in [0.15, 0.2) is 42.5 Å². The van der Waals surface area contributed by atoms with Crippen molar-refractivity contribution >= 4 is 23.6 Å². The molecule has 27 heavy (non-hydrogen) atoms. The number of carbonyl (C=O) groups excluding carboxylic acids is 2. The third kappa shape index (κ3) is 7.38.